The summed E-state index contributed by atoms with van der Waals surface area (Å²) < 4.78 is 26.8. The van der Waals surface area contributed by atoms with Gasteiger partial charge in [-0.1, -0.05) is 25.0 Å². The van der Waals surface area contributed by atoms with Crippen LogP contribution in [0.25, 0.3) is 0 Å². The van der Waals surface area contributed by atoms with Crippen molar-refractivity contribution in [1.82, 2.24) is 10.2 Å². The third-order valence-corrected chi connectivity index (χ3v) is 4.06. The van der Waals surface area contributed by atoms with Crippen LogP contribution in [-0.2, 0) is 11.3 Å². The number of benzene rings is 1. The molecule has 1 N–H and O–H groups in total. The van der Waals surface area contributed by atoms with Crippen LogP contribution in [0.15, 0.2) is 18.2 Å². The number of carbonyl (C=O) groups excluding carboxylic acids is 2. The summed E-state index contributed by atoms with van der Waals surface area (Å²) >= 11 is 0. The van der Waals surface area contributed by atoms with Gasteiger partial charge in [0.05, 0.1) is 6.54 Å². The van der Waals surface area contributed by atoms with E-state index in [1.807, 2.05) is 0 Å². The lowest BCUT2D eigenvalue weighted by atomic mass is 9.98. The first-order valence-electron chi connectivity index (χ1n) is 6.60. The van der Waals surface area contributed by atoms with Crippen molar-refractivity contribution >= 4 is 11.9 Å². The number of amides is 3. The molecule has 0 aromatic heterocycles. The molecule has 0 radical (unpaired) electrons. The Bertz CT molecular complexity index is 583. The number of hydrogen-bond donors (Lipinski definition) is 1. The van der Waals surface area contributed by atoms with E-state index in [9.17, 15) is 18.4 Å². The maximum atomic E-state index is 13.6. The van der Waals surface area contributed by atoms with Gasteiger partial charge in [-0.25, -0.2) is 13.6 Å². The Balaban J connectivity index is 1.86. The van der Waals surface area contributed by atoms with Crippen molar-refractivity contribution in [3.8, 4) is 0 Å². The second-order valence-corrected chi connectivity index (χ2v) is 5.32. The zero-order valence-corrected chi connectivity index (χ0v) is 10.8. The van der Waals surface area contributed by atoms with E-state index in [4.69, 9.17) is 0 Å². The summed E-state index contributed by atoms with van der Waals surface area (Å²) in [6.07, 6.45) is 2.99. The van der Waals surface area contributed by atoms with Crippen LogP contribution < -0.4 is 5.32 Å². The Morgan fingerprint density at radius 2 is 1.90 bits per heavy atom. The van der Waals surface area contributed by atoms with Crippen LogP contribution in [0.2, 0.25) is 0 Å². The quantitative estimate of drug-likeness (QED) is 0.845. The van der Waals surface area contributed by atoms with Gasteiger partial charge < -0.3 is 5.32 Å². The Morgan fingerprint density at radius 1 is 1.20 bits per heavy atom. The Labute approximate surface area is 114 Å². The first kappa shape index (κ1) is 13.0. The normalized spacial score (nSPS) is 20.8. The third kappa shape index (κ3) is 1.87. The minimum absolute atomic E-state index is 0.00328. The molecule has 20 heavy (non-hydrogen) atoms. The van der Waals surface area contributed by atoms with Gasteiger partial charge in [0.25, 0.3) is 5.91 Å². The molecule has 3 rings (SSSR count). The predicted molar refractivity (Wildman–Crippen MR) is 66.6 cm³/mol. The molecule has 1 saturated heterocycles. The molecule has 0 bridgehead atoms. The van der Waals surface area contributed by atoms with Gasteiger partial charge in [0.1, 0.15) is 5.54 Å². The number of carbonyl (C=O) groups is 2. The number of rotatable bonds is 2. The molecular formula is C14H14F2N2O2. The van der Waals surface area contributed by atoms with Crippen LogP contribution in [0.1, 0.15) is 31.2 Å². The van der Waals surface area contributed by atoms with Crippen molar-refractivity contribution in [3.05, 3.63) is 35.4 Å². The van der Waals surface area contributed by atoms with Crippen molar-refractivity contribution in [2.24, 2.45) is 0 Å². The molecule has 2 fully saturated rings. The highest BCUT2D eigenvalue weighted by molar-refractivity contribution is 6.07. The summed E-state index contributed by atoms with van der Waals surface area (Å²) in [5.41, 5.74) is -0.815. The van der Waals surface area contributed by atoms with Crippen LogP contribution >= 0.6 is 0 Å². The second kappa shape index (κ2) is 4.54. The number of hydrogen-bond acceptors (Lipinski definition) is 2. The van der Waals surface area contributed by atoms with Crippen molar-refractivity contribution < 1.29 is 18.4 Å². The number of urea groups is 1. The van der Waals surface area contributed by atoms with E-state index in [0.29, 0.717) is 12.8 Å². The average Bonchev–Trinajstić information content (AvgIpc) is 2.96. The highest BCUT2D eigenvalue weighted by Gasteiger charge is 2.52. The highest BCUT2D eigenvalue weighted by Crippen LogP contribution is 2.35. The number of imide groups is 1. The lowest BCUT2D eigenvalue weighted by Gasteiger charge is -2.20. The number of nitrogens with zero attached hydrogens (tertiary/aromatic N) is 1. The molecule has 1 aromatic rings. The molecule has 0 unspecified atom stereocenters. The average molecular weight is 280 g/mol. The standard InChI is InChI=1S/C14H14F2N2O2/c15-10-5-3-4-9(11(10)16)8-18-12(19)14(17-13(18)20)6-1-2-7-14/h3-5H,1-2,6-8H2,(H,17,20). The fraction of sp³-hybridized carbons (Fsp3) is 0.429. The first-order valence-corrected chi connectivity index (χ1v) is 6.60. The Morgan fingerprint density at radius 3 is 2.60 bits per heavy atom. The van der Waals surface area contributed by atoms with E-state index < -0.39 is 23.2 Å². The molecule has 1 heterocycles. The third-order valence-electron chi connectivity index (χ3n) is 4.06. The zero-order chi connectivity index (χ0) is 14.3. The summed E-state index contributed by atoms with van der Waals surface area (Å²) in [6, 6.07) is 3.21. The molecule has 6 heteroatoms. The lowest BCUT2D eigenvalue weighted by Crippen LogP contribution is -2.44. The van der Waals surface area contributed by atoms with Gasteiger partial charge in [-0.3, -0.25) is 9.69 Å². The number of halogens is 2. The fourth-order valence-electron chi connectivity index (χ4n) is 2.98. The maximum Gasteiger partial charge on any atom is 0.325 e. The fourth-order valence-corrected chi connectivity index (χ4v) is 2.98. The van der Waals surface area contributed by atoms with E-state index in [1.54, 1.807) is 0 Å². The minimum Gasteiger partial charge on any atom is -0.323 e. The highest BCUT2D eigenvalue weighted by atomic mass is 19.2. The minimum atomic E-state index is -1.01. The predicted octanol–water partition coefficient (Wildman–Crippen LogP) is 2.33. The lowest BCUT2D eigenvalue weighted by molar-refractivity contribution is -0.131. The Kier molecular flexibility index (Phi) is 2.96. The Hall–Kier alpha value is -1.98. The van der Waals surface area contributed by atoms with Crippen molar-refractivity contribution in [3.63, 3.8) is 0 Å². The van der Waals surface area contributed by atoms with Crippen LogP contribution in [0, 0.1) is 11.6 Å². The summed E-state index contributed by atoms with van der Waals surface area (Å²) in [7, 11) is 0. The molecule has 4 nitrogen and oxygen atoms in total. The van der Waals surface area contributed by atoms with Gasteiger partial charge in [0.15, 0.2) is 11.6 Å². The monoisotopic (exact) mass is 280 g/mol. The molecule has 1 spiro atoms. The van der Waals surface area contributed by atoms with Crippen LogP contribution in [0.4, 0.5) is 13.6 Å². The molecule has 1 saturated carbocycles. The molecule has 1 aliphatic carbocycles. The van der Waals surface area contributed by atoms with Gasteiger partial charge in [-0.05, 0) is 18.9 Å². The topological polar surface area (TPSA) is 49.4 Å². The van der Waals surface area contributed by atoms with Crippen LogP contribution in [0.5, 0.6) is 0 Å². The largest absolute Gasteiger partial charge is 0.325 e. The zero-order valence-electron chi connectivity index (χ0n) is 10.8. The summed E-state index contributed by atoms with van der Waals surface area (Å²) in [5.74, 6) is -2.32. The van der Waals surface area contributed by atoms with Crippen molar-refractivity contribution in [2.75, 3.05) is 0 Å². The molecule has 1 aliphatic heterocycles. The van der Waals surface area contributed by atoms with Gasteiger partial charge in [-0.2, -0.15) is 0 Å². The molecular weight excluding hydrogens is 266 g/mol. The summed E-state index contributed by atoms with van der Waals surface area (Å²) in [5, 5.41) is 2.70. The molecule has 2 aliphatic rings. The smallest absolute Gasteiger partial charge is 0.323 e. The van der Waals surface area contributed by atoms with E-state index >= 15 is 0 Å². The van der Waals surface area contributed by atoms with Crippen LogP contribution in [0.3, 0.4) is 0 Å². The maximum absolute atomic E-state index is 13.6. The summed E-state index contributed by atoms with van der Waals surface area (Å²) in [4.78, 5) is 25.3. The van der Waals surface area contributed by atoms with E-state index in [0.717, 1.165) is 23.8 Å². The SMILES string of the molecule is O=C1NC2(CCCC2)C(=O)N1Cc1cccc(F)c1F. The van der Waals surface area contributed by atoms with Crippen LogP contribution in [-0.4, -0.2) is 22.4 Å². The van der Waals surface area contributed by atoms with E-state index in [2.05, 4.69) is 5.32 Å². The molecule has 0 atom stereocenters. The van der Waals surface area contributed by atoms with E-state index in [1.165, 1.54) is 12.1 Å². The molecule has 106 valence electrons. The second-order valence-electron chi connectivity index (χ2n) is 5.32. The number of nitrogens with one attached hydrogen (secondary N) is 1. The first-order chi connectivity index (χ1) is 9.53. The molecule has 3 amide bonds. The van der Waals surface area contributed by atoms with Crippen molar-refractivity contribution in [1.29, 1.82) is 0 Å². The molecule has 1 aromatic carbocycles. The van der Waals surface area contributed by atoms with Gasteiger partial charge in [0, 0.05) is 5.56 Å². The van der Waals surface area contributed by atoms with Crippen molar-refractivity contribution in [2.45, 2.75) is 37.8 Å². The summed E-state index contributed by atoms with van der Waals surface area (Å²) in [6.45, 7) is -0.240. The van der Waals surface area contributed by atoms with Gasteiger partial charge in [-0.15, -0.1) is 0 Å². The van der Waals surface area contributed by atoms with Gasteiger partial charge in [0.2, 0.25) is 0 Å². The van der Waals surface area contributed by atoms with Gasteiger partial charge >= 0.3 is 6.03 Å². The van der Waals surface area contributed by atoms with E-state index in [-0.39, 0.29) is 18.0 Å².